The summed E-state index contributed by atoms with van der Waals surface area (Å²) in [6.07, 6.45) is 6.84. The minimum atomic E-state index is -3.63. The summed E-state index contributed by atoms with van der Waals surface area (Å²) in [5, 5.41) is 3.46. The van der Waals surface area contributed by atoms with Gasteiger partial charge in [-0.2, -0.15) is 4.31 Å². The molecule has 1 aromatic carbocycles. The van der Waals surface area contributed by atoms with E-state index in [2.05, 4.69) is 10.3 Å². The zero-order chi connectivity index (χ0) is 23.1. The number of aromatic nitrogens is 1. The second-order valence-electron chi connectivity index (χ2n) is 7.87. The number of pyridine rings is 1. The van der Waals surface area contributed by atoms with Crippen LogP contribution in [0.1, 0.15) is 61.2 Å². The Balaban J connectivity index is 1.86. The number of nitrogens with zero attached hydrogens (tertiary/aromatic N) is 2. The van der Waals surface area contributed by atoms with Crippen molar-refractivity contribution in [1.82, 2.24) is 14.6 Å². The molecule has 172 valence electrons. The van der Waals surface area contributed by atoms with Gasteiger partial charge in [0.05, 0.1) is 4.90 Å². The fraction of sp³-hybridized carbons (Fsp3) is 0.417. The highest BCUT2D eigenvalue weighted by Gasteiger charge is 2.25. The first-order valence-corrected chi connectivity index (χ1v) is 12.5. The lowest BCUT2D eigenvalue weighted by molar-refractivity contribution is 0.0924. The van der Waals surface area contributed by atoms with E-state index >= 15 is 0 Å². The van der Waals surface area contributed by atoms with Gasteiger partial charge >= 0.3 is 0 Å². The van der Waals surface area contributed by atoms with Crippen LogP contribution in [0.5, 0.6) is 0 Å². The largest absolute Gasteiger partial charge is 0.451 e. The quantitative estimate of drug-likeness (QED) is 0.452. The molecule has 0 unspecified atom stereocenters. The van der Waals surface area contributed by atoms with Crippen molar-refractivity contribution in [2.75, 3.05) is 13.1 Å². The van der Waals surface area contributed by atoms with Gasteiger partial charge in [-0.05, 0) is 49.6 Å². The molecule has 0 bridgehead atoms. The molecule has 2 heterocycles. The van der Waals surface area contributed by atoms with Crippen LogP contribution in [0.25, 0.3) is 11.0 Å². The monoisotopic (exact) mass is 457 g/mol. The maximum atomic E-state index is 13.3. The normalized spacial score (nSPS) is 11.9. The Morgan fingerprint density at radius 3 is 2.47 bits per heavy atom. The van der Waals surface area contributed by atoms with Gasteiger partial charge in [0.2, 0.25) is 10.0 Å². The molecular formula is C24H31N3O4S. The second kappa shape index (κ2) is 10.7. The molecule has 0 aliphatic rings. The number of amides is 1. The van der Waals surface area contributed by atoms with Crippen LogP contribution in [-0.2, 0) is 16.6 Å². The molecule has 0 aliphatic heterocycles. The highest BCUT2D eigenvalue weighted by molar-refractivity contribution is 7.89. The van der Waals surface area contributed by atoms with Gasteiger partial charge in [-0.25, -0.2) is 8.42 Å². The second-order valence-corrected chi connectivity index (χ2v) is 9.81. The zero-order valence-corrected chi connectivity index (χ0v) is 19.7. The molecule has 8 heteroatoms. The summed E-state index contributed by atoms with van der Waals surface area (Å²) in [4.78, 5) is 16.9. The van der Waals surface area contributed by atoms with E-state index in [9.17, 15) is 13.2 Å². The molecule has 2 aromatic heterocycles. The van der Waals surface area contributed by atoms with Gasteiger partial charge in [0.25, 0.3) is 5.91 Å². The smallest absolute Gasteiger partial charge is 0.287 e. The Kier molecular flexibility index (Phi) is 8.04. The van der Waals surface area contributed by atoms with Gasteiger partial charge in [-0.15, -0.1) is 0 Å². The standard InChI is InChI=1S/C24H31N3O4S/c1-4-6-13-27(14-7-5-2)32(29,30)20-10-11-22-21(15-20)18(3)23(31-22)24(28)26-17-19-9-8-12-25-16-19/h8-12,15-16H,4-7,13-14,17H2,1-3H3,(H,26,28). The molecule has 0 radical (unpaired) electrons. The molecule has 3 aromatic rings. The number of aryl methyl sites for hydroxylation is 1. The van der Waals surface area contributed by atoms with E-state index < -0.39 is 10.0 Å². The third-order valence-corrected chi connectivity index (χ3v) is 7.34. The number of fused-ring (bicyclic) bond motifs is 1. The van der Waals surface area contributed by atoms with E-state index in [0.29, 0.717) is 36.2 Å². The lowest BCUT2D eigenvalue weighted by Crippen LogP contribution is -2.33. The first-order valence-electron chi connectivity index (χ1n) is 11.1. The van der Waals surface area contributed by atoms with Crippen molar-refractivity contribution in [2.24, 2.45) is 0 Å². The fourth-order valence-corrected chi connectivity index (χ4v) is 5.06. The molecular weight excluding hydrogens is 426 g/mol. The van der Waals surface area contributed by atoms with Crippen LogP contribution in [0.15, 0.2) is 52.0 Å². The summed E-state index contributed by atoms with van der Waals surface area (Å²) >= 11 is 0. The molecule has 0 fully saturated rings. The Hall–Kier alpha value is -2.71. The van der Waals surface area contributed by atoms with Crippen molar-refractivity contribution < 1.29 is 17.6 Å². The molecule has 0 atom stereocenters. The van der Waals surface area contributed by atoms with Crippen molar-refractivity contribution in [3.63, 3.8) is 0 Å². The predicted octanol–water partition coefficient (Wildman–Crippen LogP) is 4.66. The Morgan fingerprint density at radius 2 is 1.84 bits per heavy atom. The summed E-state index contributed by atoms with van der Waals surface area (Å²) in [5.74, 6) is -0.160. The molecule has 3 rings (SSSR count). The highest BCUT2D eigenvalue weighted by atomic mass is 32.2. The number of rotatable bonds is 11. The van der Waals surface area contributed by atoms with E-state index in [4.69, 9.17) is 4.42 Å². The molecule has 7 nitrogen and oxygen atoms in total. The van der Waals surface area contributed by atoms with E-state index in [1.165, 1.54) is 0 Å². The number of hydrogen-bond acceptors (Lipinski definition) is 5. The summed E-state index contributed by atoms with van der Waals surface area (Å²) in [7, 11) is -3.63. The number of carbonyl (C=O) groups excluding carboxylic acids is 1. The van der Waals surface area contributed by atoms with Crippen LogP contribution < -0.4 is 5.32 Å². The molecule has 0 spiro atoms. The number of carbonyl (C=O) groups is 1. The van der Waals surface area contributed by atoms with Crippen LogP contribution in [0.3, 0.4) is 0 Å². The Bertz CT molecular complexity index is 1150. The maximum Gasteiger partial charge on any atom is 0.287 e. The topological polar surface area (TPSA) is 92.5 Å². The lowest BCUT2D eigenvalue weighted by Gasteiger charge is -2.22. The van der Waals surface area contributed by atoms with Gasteiger partial charge in [0.15, 0.2) is 5.76 Å². The molecule has 0 saturated carbocycles. The number of nitrogens with one attached hydrogen (secondary N) is 1. The number of hydrogen-bond donors (Lipinski definition) is 1. The Labute approximate surface area is 189 Å². The van der Waals surface area contributed by atoms with Gasteiger partial charge in [0, 0.05) is 43.0 Å². The SMILES string of the molecule is CCCCN(CCCC)S(=O)(=O)c1ccc2oc(C(=O)NCc3cccnc3)c(C)c2c1. The van der Waals surface area contributed by atoms with Crippen molar-refractivity contribution >= 4 is 26.9 Å². The number of furan rings is 1. The number of unbranched alkanes of at least 4 members (excludes halogenated alkanes) is 2. The van der Waals surface area contributed by atoms with Crippen molar-refractivity contribution in [2.45, 2.75) is 57.9 Å². The van der Waals surface area contributed by atoms with Crippen LogP contribution in [0, 0.1) is 6.92 Å². The summed E-state index contributed by atoms with van der Waals surface area (Å²) in [5.41, 5.74) is 1.98. The maximum absolute atomic E-state index is 13.3. The molecule has 1 amide bonds. The highest BCUT2D eigenvalue weighted by Crippen LogP contribution is 2.29. The predicted molar refractivity (Wildman–Crippen MR) is 125 cm³/mol. The lowest BCUT2D eigenvalue weighted by atomic mass is 10.1. The first-order chi connectivity index (χ1) is 15.4. The number of benzene rings is 1. The van der Waals surface area contributed by atoms with E-state index in [1.807, 2.05) is 19.9 Å². The van der Waals surface area contributed by atoms with Crippen LogP contribution in [0.2, 0.25) is 0 Å². The van der Waals surface area contributed by atoms with Crippen LogP contribution >= 0.6 is 0 Å². The van der Waals surface area contributed by atoms with E-state index in [1.54, 1.807) is 47.9 Å². The van der Waals surface area contributed by atoms with Crippen molar-refractivity contribution in [3.05, 3.63) is 59.6 Å². The third kappa shape index (κ3) is 5.37. The average Bonchev–Trinajstić information content (AvgIpc) is 3.14. The molecule has 0 aliphatic carbocycles. The van der Waals surface area contributed by atoms with Crippen LogP contribution in [-0.4, -0.2) is 36.7 Å². The van der Waals surface area contributed by atoms with E-state index in [-0.39, 0.29) is 16.6 Å². The zero-order valence-electron chi connectivity index (χ0n) is 18.9. The van der Waals surface area contributed by atoms with Gasteiger partial charge in [-0.3, -0.25) is 9.78 Å². The van der Waals surface area contributed by atoms with E-state index in [0.717, 1.165) is 31.2 Å². The average molecular weight is 458 g/mol. The number of sulfonamides is 1. The summed E-state index contributed by atoms with van der Waals surface area (Å²) < 4.78 is 34.0. The van der Waals surface area contributed by atoms with Crippen molar-refractivity contribution in [1.29, 1.82) is 0 Å². The molecule has 1 N–H and O–H groups in total. The third-order valence-electron chi connectivity index (χ3n) is 5.45. The van der Waals surface area contributed by atoms with Crippen LogP contribution in [0.4, 0.5) is 0 Å². The van der Waals surface area contributed by atoms with Gasteiger partial charge < -0.3 is 9.73 Å². The summed E-state index contributed by atoms with van der Waals surface area (Å²) in [6, 6.07) is 8.49. The molecule has 0 saturated heterocycles. The Morgan fingerprint density at radius 1 is 1.12 bits per heavy atom. The van der Waals surface area contributed by atoms with Crippen molar-refractivity contribution in [3.8, 4) is 0 Å². The minimum absolute atomic E-state index is 0.187. The van der Waals surface area contributed by atoms with Gasteiger partial charge in [0.1, 0.15) is 5.58 Å². The summed E-state index contributed by atoms with van der Waals surface area (Å²) in [6.45, 7) is 7.20. The molecule has 32 heavy (non-hydrogen) atoms. The van der Waals surface area contributed by atoms with Gasteiger partial charge in [-0.1, -0.05) is 32.8 Å². The first kappa shape index (κ1) is 23.9. The fourth-order valence-electron chi connectivity index (χ4n) is 3.51. The minimum Gasteiger partial charge on any atom is -0.451 e.